The number of hydrogen-bond acceptors (Lipinski definition) is 6. The molecular formula is C31H36Cl2F4N6O3. The van der Waals surface area contributed by atoms with Crippen molar-refractivity contribution in [3.8, 4) is 0 Å². The molecule has 1 aliphatic carbocycles. The van der Waals surface area contributed by atoms with Gasteiger partial charge in [-0.15, -0.1) is 0 Å². The first-order chi connectivity index (χ1) is 21.6. The quantitative estimate of drug-likeness (QED) is 0.229. The van der Waals surface area contributed by atoms with Crippen molar-refractivity contribution in [1.82, 2.24) is 20.2 Å². The zero-order valence-electron chi connectivity index (χ0n) is 25.7. The van der Waals surface area contributed by atoms with Crippen LogP contribution in [0.3, 0.4) is 0 Å². The van der Waals surface area contributed by atoms with Crippen LogP contribution in [0.15, 0.2) is 24.3 Å². The Labute approximate surface area is 273 Å². The van der Waals surface area contributed by atoms with Crippen molar-refractivity contribution in [3.63, 3.8) is 0 Å². The molecule has 46 heavy (non-hydrogen) atoms. The number of halogens is 6. The third-order valence-electron chi connectivity index (χ3n) is 8.51. The molecule has 2 aromatic carbocycles. The molecule has 250 valence electrons. The van der Waals surface area contributed by atoms with Crippen LogP contribution in [0, 0.1) is 5.92 Å². The number of carbonyl (C=O) groups excluding carboxylic acids is 2. The number of benzene rings is 2. The number of nitrogens with zero attached hydrogens (tertiary/aromatic N) is 3. The van der Waals surface area contributed by atoms with E-state index in [1.54, 1.807) is 29.8 Å². The molecule has 1 saturated heterocycles. The van der Waals surface area contributed by atoms with E-state index in [1.165, 1.54) is 0 Å². The van der Waals surface area contributed by atoms with E-state index in [-0.39, 0.29) is 54.2 Å². The standard InChI is InChI=1S/C31H36Cl2F4N6O3/c1-30(2,34)28(45)38-16-17-4-9-21(32)26(25(17)33)41-29-40-22-14-20(23(15-24(22)42(29)3)43-10-12-46-13-11-43)27(44)39-19-7-5-18(6-8-19)31(35,36)37/h4,9,14-15,18-19H,5-8,10-13,16H2,1-3H3,(H,38,45)(H,39,44)(H,40,41)/t18-,19-. The number of imidazole rings is 1. The Morgan fingerprint density at radius 2 is 1.72 bits per heavy atom. The largest absolute Gasteiger partial charge is 0.391 e. The first kappa shape index (κ1) is 34.1. The van der Waals surface area contributed by atoms with Crippen LogP contribution in [0.25, 0.3) is 11.0 Å². The van der Waals surface area contributed by atoms with Crippen LogP contribution in [-0.4, -0.2) is 65.6 Å². The summed E-state index contributed by atoms with van der Waals surface area (Å²) >= 11 is 13.2. The van der Waals surface area contributed by atoms with Gasteiger partial charge in [-0.25, -0.2) is 9.37 Å². The second kappa shape index (κ2) is 13.4. The average molecular weight is 688 g/mol. The first-order valence-corrected chi connectivity index (χ1v) is 15.8. The summed E-state index contributed by atoms with van der Waals surface area (Å²) in [6.45, 7) is 4.36. The lowest BCUT2D eigenvalue weighted by molar-refractivity contribution is -0.182. The van der Waals surface area contributed by atoms with E-state index in [9.17, 15) is 27.2 Å². The Morgan fingerprint density at radius 1 is 1.04 bits per heavy atom. The molecule has 2 aliphatic rings. The minimum atomic E-state index is -4.23. The van der Waals surface area contributed by atoms with E-state index >= 15 is 0 Å². The van der Waals surface area contributed by atoms with Crippen molar-refractivity contribution in [2.45, 2.75) is 64.0 Å². The molecular weight excluding hydrogens is 651 g/mol. The summed E-state index contributed by atoms with van der Waals surface area (Å²) in [5.74, 6) is -2.14. The molecule has 2 heterocycles. The zero-order chi connectivity index (χ0) is 33.4. The number of nitrogens with one attached hydrogen (secondary N) is 3. The van der Waals surface area contributed by atoms with Gasteiger partial charge in [-0.05, 0) is 63.3 Å². The van der Waals surface area contributed by atoms with Crippen LogP contribution >= 0.6 is 23.2 Å². The minimum absolute atomic E-state index is 0.0222. The number of carbonyl (C=O) groups is 2. The number of aromatic nitrogens is 2. The highest BCUT2D eigenvalue weighted by atomic mass is 35.5. The van der Waals surface area contributed by atoms with Gasteiger partial charge >= 0.3 is 6.18 Å². The van der Waals surface area contributed by atoms with Gasteiger partial charge in [-0.1, -0.05) is 29.3 Å². The van der Waals surface area contributed by atoms with E-state index in [1.807, 2.05) is 11.0 Å². The lowest BCUT2D eigenvalue weighted by Gasteiger charge is -2.32. The summed E-state index contributed by atoms with van der Waals surface area (Å²) in [6, 6.07) is 6.41. The Kier molecular flexibility index (Phi) is 9.95. The SMILES string of the molecule is Cn1c(Nc2c(Cl)ccc(CNC(=O)C(C)(C)F)c2Cl)nc2cc(C(=O)N[C@H]3CC[C@H](C(F)(F)F)CC3)c(N3CCOCC3)cc21. The lowest BCUT2D eigenvalue weighted by atomic mass is 9.85. The molecule has 5 rings (SSSR count). The molecule has 1 aliphatic heterocycles. The van der Waals surface area contributed by atoms with Crippen molar-refractivity contribution in [3.05, 3.63) is 45.4 Å². The average Bonchev–Trinajstić information content (AvgIpc) is 3.31. The number of rotatable bonds is 8. The lowest BCUT2D eigenvalue weighted by Crippen LogP contribution is -2.41. The summed E-state index contributed by atoms with van der Waals surface area (Å²) in [6.07, 6.45) is -3.78. The maximum Gasteiger partial charge on any atom is 0.391 e. The molecule has 0 spiro atoms. The summed E-state index contributed by atoms with van der Waals surface area (Å²) in [7, 11) is 1.79. The highest BCUT2D eigenvalue weighted by Gasteiger charge is 2.41. The first-order valence-electron chi connectivity index (χ1n) is 15.1. The molecule has 2 fully saturated rings. The molecule has 0 bridgehead atoms. The number of aryl methyl sites for hydroxylation is 1. The molecule has 0 atom stereocenters. The van der Waals surface area contributed by atoms with Gasteiger partial charge in [0, 0.05) is 32.7 Å². The van der Waals surface area contributed by atoms with Crippen LogP contribution in [0.1, 0.15) is 55.5 Å². The van der Waals surface area contributed by atoms with Gasteiger partial charge in [0.15, 0.2) is 5.67 Å². The third-order valence-corrected chi connectivity index (χ3v) is 9.25. The van der Waals surface area contributed by atoms with E-state index in [4.69, 9.17) is 32.9 Å². The molecule has 2 amide bonds. The minimum Gasteiger partial charge on any atom is -0.378 e. The van der Waals surface area contributed by atoms with Crippen molar-refractivity contribution in [2.75, 3.05) is 36.5 Å². The van der Waals surface area contributed by atoms with E-state index in [0.29, 0.717) is 65.8 Å². The van der Waals surface area contributed by atoms with Gasteiger partial charge in [-0.3, -0.25) is 9.59 Å². The number of amides is 2. The van der Waals surface area contributed by atoms with Crippen LogP contribution in [0.2, 0.25) is 10.0 Å². The molecule has 15 heteroatoms. The van der Waals surface area contributed by atoms with Crippen molar-refractivity contribution in [2.24, 2.45) is 13.0 Å². The fraction of sp³-hybridized carbons (Fsp3) is 0.516. The van der Waals surface area contributed by atoms with Crippen LogP contribution in [-0.2, 0) is 23.1 Å². The van der Waals surface area contributed by atoms with E-state index in [0.717, 1.165) is 13.8 Å². The summed E-state index contributed by atoms with van der Waals surface area (Å²) in [4.78, 5) is 32.5. The Balaban J connectivity index is 1.43. The van der Waals surface area contributed by atoms with Gasteiger partial charge < -0.3 is 30.2 Å². The Bertz CT molecular complexity index is 1610. The van der Waals surface area contributed by atoms with Gasteiger partial charge in [0.05, 0.1) is 57.1 Å². The second-order valence-electron chi connectivity index (χ2n) is 12.2. The third kappa shape index (κ3) is 7.47. The number of anilines is 3. The molecule has 1 saturated carbocycles. The topological polar surface area (TPSA) is 101 Å². The van der Waals surface area contributed by atoms with E-state index < -0.39 is 23.7 Å². The van der Waals surface area contributed by atoms with Gasteiger partial charge in [-0.2, -0.15) is 13.2 Å². The smallest absolute Gasteiger partial charge is 0.378 e. The molecule has 1 aromatic heterocycles. The number of morpholine rings is 1. The predicted octanol–water partition coefficient (Wildman–Crippen LogP) is 6.68. The van der Waals surface area contributed by atoms with Gasteiger partial charge in [0.25, 0.3) is 11.8 Å². The summed E-state index contributed by atoms with van der Waals surface area (Å²) in [5.41, 5.74) is 0.991. The number of hydrogen-bond donors (Lipinski definition) is 3. The fourth-order valence-corrected chi connectivity index (χ4v) is 6.29. The van der Waals surface area contributed by atoms with Gasteiger partial charge in [0.1, 0.15) is 0 Å². The second-order valence-corrected chi connectivity index (χ2v) is 13.0. The van der Waals surface area contributed by atoms with Crippen molar-refractivity contribution in [1.29, 1.82) is 0 Å². The Hall–Kier alpha value is -3.29. The summed E-state index contributed by atoms with van der Waals surface area (Å²) in [5, 5.41) is 9.14. The molecule has 9 nitrogen and oxygen atoms in total. The van der Waals surface area contributed by atoms with E-state index in [2.05, 4.69) is 16.0 Å². The number of fused-ring (bicyclic) bond motifs is 1. The maximum atomic E-state index is 14.0. The fourth-order valence-electron chi connectivity index (χ4n) is 5.76. The maximum absolute atomic E-state index is 14.0. The highest BCUT2D eigenvalue weighted by Crippen LogP contribution is 2.39. The van der Waals surface area contributed by atoms with Gasteiger partial charge in [0.2, 0.25) is 5.95 Å². The molecule has 3 N–H and O–H groups in total. The normalized spacial score (nSPS) is 19.3. The van der Waals surface area contributed by atoms with Crippen molar-refractivity contribution >= 4 is 63.4 Å². The predicted molar refractivity (Wildman–Crippen MR) is 170 cm³/mol. The van der Waals surface area contributed by atoms with Crippen LogP contribution in [0.5, 0.6) is 0 Å². The number of alkyl halides is 4. The zero-order valence-corrected chi connectivity index (χ0v) is 27.2. The summed E-state index contributed by atoms with van der Waals surface area (Å²) < 4.78 is 60.8. The molecule has 0 unspecified atom stereocenters. The monoisotopic (exact) mass is 686 g/mol. The van der Waals surface area contributed by atoms with Crippen LogP contribution in [0.4, 0.5) is 34.9 Å². The molecule has 0 radical (unpaired) electrons. The highest BCUT2D eigenvalue weighted by molar-refractivity contribution is 6.39. The number of ether oxygens (including phenoxy) is 1. The van der Waals surface area contributed by atoms with Crippen molar-refractivity contribution < 1.29 is 31.9 Å². The Morgan fingerprint density at radius 3 is 2.35 bits per heavy atom. The van der Waals surface area contributed by atoms with Crippen LogP contribution < -0.4 is 20.9 Å². The molecule has 3 aromatic rings.